The maximum absolute atomic E-state index is 3.77. The van der Waals surface area contributed by atoms with Crippen LogP contribution in [0.2, 0.25) is 0 Å². The van der Waals surface area contributed by atoms with E-state index in [1.807, 2.05) is 7.05 Å². The molecule has 0 amide bonds. The van der Waals surface area contributed by atoms with E-state index in [1.54, 1.807) is 0 Å². The van der Waals surface area contributed by atoms with E-state index in [0.29, 0.717) is 0 Å². The normalized spacial score (nSPS) is 11.4. The number of nitrogens with one attached hydrogen (secondary N) is 1. The highest BCUT2D eigenvalue weighted by Crippen LogP contribution is 2.34. The number of hydrogen-bond donors (Lipinski definition) is 1. The molecule has 0 atom stereocenters. The van der Waals surface area contributed by atoms with Gasteiger partial charge in [0.15, 0.2) is 0 Å². The zero-order chi connectivity index (χ0) is 12.6. The van der Waals surface area contributed by atoms with E-state index >= 15 is 0 Å². The van der Waals surface area contributed by atoms with Crippen molar-refractivity contribution < 1.29 is 0 Å². The fourth-order valence-electron chi connectivity index (χ4n) is 2.45. The third-order valence-electron chi connectivity index (χ3n) is 3.41. The van der Waals surface area contributed by atoms with Gasteiger partial charge in [-0.25, -0.2) is 0 Å². The highest BCUT2D eigenvalue weighted by molar-refractivity contribution is 9.10. The van der Waals surface area contributed by atoms with Crippen LogP contribution in [0.1, 0.15) is 16.8 Å². The van der Waals surface area contributed by atoms with Gasteiger partial charge in [0.1, 0.15) is 0 Å². The van der Waals surface area contributed by atoms with Crippen molar-refractivity contribution in [2.45, 2.75) is 20.3 Å². The Morgan fingerprint density at radius 1 is 1.24 bits per heavy atom. The van der Waals surface area contributed by atoms with Crippen LogP contribution in [0.25, 0.3) is 10.9 Å². The van der Waals surface area contributed by atoms with E-state index in [0.717, 1.165) is 13.0 Å². The van der Waals surface area contributed by atoms with Crippen LogP contribution in [0.5, 0.6) is 0 Å². The van der Waals surface area contributed by atoms with E-state index < -0.39 is 0 Å². The van der Waals surface area contributed by atoms with Crippen molar-refractivity contribution in [1.82, 2.24) is 9.88 Å². The second-order valence-electron chi connectivity index (χ2n) is 4.60. The summed E-state index contributed by atoms with van der Waals surface area (Å²) in [5, 5.41) is 4.57. The van der Waals surface area contributed by atoms with Gasteiger partial charge in [0, 0.05) is 35.6 Å². The summed E-state index contributed by atoms with van der Waals surface area (Å²) in [5.41, 5.74) is 5.39. The Labute approximate surface area is 111 Å². The number of benzene rings is 1. The Balaban J connectivity index is 2.71. The molecule has 0 aliphatic carbocycles. The smallest absolute Gasteiger partial charge is 0.0524 e. The summed E-state index contributed by atoms with van der Waals surface area (Å²) in [5.74, 6) is 0. The Morgan fingerprint density at radius 3 is 2.47 bits per heavy atom. The predicted octanol–water partition coefficient (Wildman–Crippen LogP) is 3.32. The summed E-state index contributed by atoms with van der Waals surface area (Å²) in [6.45, 7) is 5.35. The van der Waals surface area contributed by atoms with Crippen LogP contribution in [0, 0.1) is 13.8 Å². The van der Waals surface area contributed by atoms with Crippen LogP contribution in [0.3, 0.4) is 0 Å². The number of aryl methyl sites for hydroxylation is 3. The van der Waals surface area contributed by atoms with E-state index in [1.165, 1.54) is 32.2 Å². The van der Waals surface area contributed by atoms with Crippen molar-refractivity contribution >= 4 is 26.8 Å². The summed E-state index contributed by atoms with van der Waals surface area (Å²) in [6, 6.07) is 4.40. The monoisotopic (exact) mass is 294 g/mol. The topological polar surface area (TPSA) is 17.0 Å². The second kappa shape index (κ2) is 4.83. The first kappa shape index (κ1) is 12.7. The number of rotatable bonds is 3. The van der Waals surface area contributed by atoms with Gasteiger partial charge in [-0.2, -0.15) is 0 Å². The standard InChI is InChI=1S/C14H19BrN2/c1-9-5-6-10(2)14-12(9)13(15)11(17(14)4)7-8-16-3/h5-6,16H,7-8H2,1-4H3. The molecule has 2 aromatic rings. The maximum Gasteiger partial charge on any atom is 0.0524 e. The van der Waals surface area contributed by atoms with Crippen molar-refractivity contribution in [1.29, 1.82) is 0 Å². The van der Waals surface area contributed by atoms with Gasteiger partial charge in [0.05, 0.1) is 5.52 Å². The number of aromatic nitrogens is 1. The molecule has 0 fully saturated rings. The molecule has 1 N–H and O–H groups in total. The summed E-state index contributed by atoms with van der Waals surface area (Å²) in [7, 11) is 4.15. The van der Waals surface area contributed by atoms with Gasteiger partial charge in [-0.1, -0.05) is 12.1 Å². The third-order valence-corrected chi connectivity index (χ3v) is 4.27. The summed E-state index contributed by atoms with van der Waals surface area (Å²) in [6.07, 6.45) is 1.04. The van der Waals surface area contributed by atoms with Gasteiger partial charge in [-0.3, -0.25) is 0 Å². The van der Waals surface area contributed by atoms with Crippen LogP contribution in [0.15, 0.2) is 16.6 Å². The van der Waals surface area contributed by atoms with Gasteiger partial charge in [-0.05, 0) is 48.0 Å². The molecule has 1 aromatic carbocycles. The van der Waals surface area contributed by atoms with Gasteiger partial charge in [0.25, 0.3) is 0 Å². The zero-order valence-corrected chi connectivity index (χ0v) is 12.5. The number of likely N-dealkylation sites (N-methyl/N-ethyl adjacent to an activating group) is 1. The quantitative estimate of drug-likeness (QED) is 0.919. The van der Waals surface area contributed by atoms with Gasteiger partial charge < -0.3 is 9.88 Å². The van der Waals surface area contributed by atoms with E-state index in [2.05, 4.69) is 58.8 Å². The Kier molecular flexibility index (Phi) is 3.59. The van der Waals surface area contributed by atoms with Crippen LogP contribution in [0.4, 0.5) is 0 Å². The fourth-order valence-corrected chi connectivity index (χ4v) is 3.42. The fraction of sp³-hybridized carbons (Fsp3) is 0.429. The summed E-state index contributed by atoms with van der Waals surface area (Å²) >= 11 is 3.77. The Morgan fingerprint density at radius 2 is 1.88 bits per heavy atom. The van der Waals surface area contributed by atoms with Gasteiger partial charge >= 0.3 is 0 Å². The molecule has 92 valence electrons. The molecular weight excluding hydrogens is 276 g/mol. The summed E-state index contributed by atoms with van der Waals surface area (Å²) < 4.78 is 3.57. The third kappa shape index (κ3) is 2.02. The Bertz CT molecular complexity index is 510. The Hall–Kier alpha value is -0.800. The summed E-state index contributed by atoms with van der Waals surface area (Å²) in [4.78, 5) is 0. The van der Waals surface area contributed by atoms with Crippen molar-refractivity contribution in [2.24, 2.45) is 7.05 Å². The molecule has 2 nitrogen and oxygen atoms in total. The molecule has 2 rings (SSSR count). The van der Waals surface area contributed by atoms with E-state index in [9.17, 15) is 0 Å². The molecule has 1 aromatic heterocycles. The number of fused-ring (bicyclic) bond motifs is 1. The minimum atomic E-state index is 1.00. The first-order valence-corrected chi connectivity index (χ1v) is 6.74. The first-order valence-electron chi connectivity index (χ1n) is 5.95. The minimum absolute atomic E-state index is 1.00. The van der Waals surface area contributed by atoms with Gasteiger partial charge in [-0.15, -0.1) is 0 Å². The molecule has 0 radical (unpaired) electrons. The van der Waals surface area contributed by atoms with Crippen LogP contribution in [-0.4, -0.2) is 18.2 Å². The second-order valence-corrected chi connectivity index (χ2v) is 5.39. The molecule has 0 aliphatic heterocycles. The molecule has 0 spiro atoms. The minimum Gasteiger partial charge on any atom is -0.346 e. The van der Waals surface area contributed by atoms with Crippen LogP contribution >= 0.6 is 15.9 Å². The van der Waals surface area contributed by atoms with Crippen molar-refractivity contribution in [3.8, 4) is 0 Å². The van der Waals surface area contributed by atoms with Crippen molar-refractivity contribution in [2.75, 3.05) is 13.6 Å². The molecule has 0 saturated carbocycles. The van der Waals surface area contributed by atoms with Crippen molar-refractivity contribution in [3.05, 3.63) is 33.4 Å². The lowest BCUT2D eigenvalue weighted by Gasteiger charge is -2.06. The predicted molar refractivity (Wildman–Crippen MR) is 77.7 cm³/mol. The highest BCUT2D eigenvalue weighted by atomic mass is 79.9. The molecular formula is C14H19BrN2. The lowest BCUT2D eigenvalue weighted by molar-refractivity contribution is 0.743. The van der Waals surface area contributed by atoms with E-state index in [4.69, 9.17) is 0 Å². The molecule has 1 heterocycles. The molecule has 17 heavy (non-hydrogen) atoms. The number of halogens is 1. The van der Waals surface area contributed by atoms with E-state index in [-0.39, 0.29) is 0 Å². The lowest BCUT2D eigenvalue weighted by atomic mass is 10.1. The maximum atomic E-state index is 3.77. The van der Waals surface area contributed by atoms with Gasteiger partial charge in [0.2, 0.25) is 0 Å². The molecule has 3 heteroatoms. The van der Waals surface area contributed by atoms with Crippen LogP contribution < -0.4 is 5.32 Å². The first-order chi connectivity index (χ1) is 8.07. The largest absolute Gasteiger partial charge is 0.346 e. The lowest BCUT2D eigenvalue weighted by Crippen LogP contribution is -2.12. The molecule has 0 aliphatic rings. The highest BCUT2D eigenvalue weighted by Gasteiger charge is 2.15. The molecule has 0 bridgehead atoms. The van der Waals surface area contributed by atoms with Crippen LogP contribution in [-0.2, 0) is 13.5 Å². The SMILES string of the molecule is CNCCc1c(Br)c2c(C)ccc(C)c2n1C. The number of nitrogens with zero attached hydrogens (tertiary/aromatic N) is 1. The average molecular weight is 295 g/mol. The number of hydrogen-bond acceptors (Lipinski definition) is 1. The average Bonchev–Trinajstić information content (AvgIpc) is 2.55. The van der Waals surface area contributed by atoms with Crippen molar-refractivity contribution in [3.63, 3.8) is 0 Å². The zero-order valence-electron chi connectivity index (χ0n) is 10.9. The molecule has 0 unspecified atom stereocenters. The molecule has 0 saturated heterocycles.